The maximum atomic E-state index is 11.6. The molecule has 0 bridgehead atoms. The third-order valence-electron chi connectivity index (χ3n) is 2.93. The molecule has 124 valence electrons. The monoisotopic (exact) mass is 367 g/mol. The summed E-state index contributed by atoms with van der Waals surface area (Å²) in [5, 5.41) is 11.2. The van der Waals surface area contributed by atoms with Gasteiger partial charge in [-0.15, -0.1) is 10.2 Å². The highest BCUT2D eigenvalue weighted by molar-refractivity contribution is 8.03. The number of carbonyl (C=O) groups is 1. The van der Waals surface area contributed by atoms with E-state index in [1.54, 1.807) is 23.1 Å². The van der Waals surface area contributed by atoms with Crippen LogP contribution < -0.4 is 5.32 Å². The van der Waals surface area contributed by atoms with Crippen LogP contribution in [0.1, 0.15) is 30.0 Å². The van der Waals surface area contributed by atoms with E-state index in [2.05, 4.69) is 47.6 Å². The van der Waals surface area contributed by atoms with Gasteiger partial charge in [-0.1, -0.05) is 71.1 Å². The summed E-state index contributed by atoms with van der Waals surface area (Å²) in [5.74, 6) is 1.34. The molecule has 0 spiro atoms. The number of hydrogen-bond acceptors (Lipinski definition) is 6. The summed E-state index contributed by atoms with van der Waals surface area (Å²) in [5.41, 5.74) is 3.87. The highest BCUT2D eigenvalue weighted by Gasteiger charge is 2.08. The van der Waals surface area contributed by atoms with Gasteiger partial charge in [-0.2, -0.15) is 0 Å². The molecule has 1 N–H and O–H groups in total. The molecule has 1 aromatic heterocycles. The minimum atomic E-state index is 0.0523. The van der Waals surface area contributed by atoms with E-state index in [0.717, 1.165) is 27.4 Å². The standard InChI is InChI=1S/C16H21N3OS3/c1-4-5-17-14(20)10-22-16-19-18-15(23-16)21-9-13-7-11(2)6-12(3)8-13/h6-8H,4-5,9-10H2,1-3H3,(H,17,20). The van der Waals surface area contributed by atoms with Crippen LogP contribution in [0, 0.1) is 13.8 Å². The van der Waals surface area contributed by atoms with E-state index >= 15 is 0 Å². The minimum absolute atomic E-state index is 0.0523. The number of nitrogens with zero attached hydrogens (tertiary/aromatic N) is 2. The molecule has 0 aliphatic rings. The molecular weight excluding hydrogens is 346 g/mol. The Morgan fingerprint density at radius 3 is 2.43 bits per heavy atom. The van der Waals surface area contributed by atoms with Crippen molar-refractivity contribution in [2.24, 2.45) is 0 Å². The summed E-state index contributed by atoms with van der Waals surface area (Å²) in [7, 11) is 0. The number of nitrogens with one attached hydrogen (secondary N) is 1. The number of benzene rings is 1. The van der Waals surface area contributed by atoms with E-state index in [9.17, 15) is 4.79 Å². The van der Waals surface area contributed by atoms with Crippen LogP contribution in [-0.2, 0) is 10.5 Å². The second-order valence-corrected chi connectivity index (χ2v) is 8.68. The number of hydrogen-bond donors (Lipinski definition) is 1. The summed E-state index contributed by atoms with van der Waals surface area (Å²) >= 11 is 4.69. The Balaban J connectivity index is 1.81. The maximum absolute atomic E-state index is 11.6. The molecule has 0 radical (unpaired) electrons. The normalized spacial score (nSPS) is 10.7. The number of thioether (sulfide) groups is 2. The molecule has 23 heavy (non-hydrogen) atoms. The summed E-state index contributed by atoms with van der Waals surface area (Å²) in [6, 6.07) is 6.58. The van der Waals surface area contributed by atoms with Crippen LogP contribution in [0.2, 0.25) is 0 Å². The van der Waals surface area contributed by atoms with E-state index in [-0.39, 0.29) is 5.91 Å². The molecule has 4 nitrogen and oxygen atoms in total. The van der Waals surface area contributed by atoms with Gasteiger partial charge in [0.2, 0.25) is 5.91 Å². The van der Waals surface area contributed by atoms with Crippen LogP contribution in [0.5, 0.6) is 0 Å². The topological polar surface area (TPSA) is 54.9 Å². The fourth-order valence-electron chi connectivity index (χ4n) is 2.05. The Morgan fingerprint density at radius 1 is 1.13 bits per heavy atom. The summed E-state index contributed by atoms with van der Waals surface area (Å²) in [6.07, 6.45) is 0.953. The number of rotatable bonds is 8. The molecule has 7 heteroatoms. The first kappa shape index (κ1) is 18.3. The molecule has 0 aliphatic heterocycles. The zero-order valence-electron chi connectivity index (χ0n) is 13.6. The van der Waals surface area contributed by atoms with E-state index in [4.69, 9.17) is 0 Å². The average molecular weight is 368 g/mol. The maximum Gasteiger partial charge on any atom is 0.230 e. The number of aromatic nitrogens is 2. The van der Waals surface area contributed by atoms with Crippen LogP contribution in [0.15, 0.2) is 26.9 Å². The summed E-state index contributed by atoms with van der Waals surface area (Å²) < 4.78 is 1.79. The molecule has 0 aliphatic carbocycles. The molecule has 0 fully saturated rings. The molecule has 0 unspecified atom stereocenters. The van der Waals surface area contributed by atoms with Crippen molar-refractivity contribution in [3.63, 3.8) is 0 Å². The number of aryl methyl sites for hydroxylation is 2. The first-order valence-corrected chi connectivity index (χ1v) is 10.3. The largest absolute Gasteiger partial charge is 0.355 e. The predicted molar refractivity (Wildman–Crippen MR) is 99.4 cm³/mol. The third kappa shape index (κ3) is 6.53. The lowest BCUT2D eigenvalue weighted by molar-refractivity contribution is -0.118. The fourth-order valence-corrected chi connectivity index (χ4v) is 4.83. The SMILES string of the molecule is CCCNC(=O)CSc1nnc(SCc2cc(C)cc(C)c2)s1. The second-order valence-electron chi connectivity index (χ2n) is 5.26. The van der Waals surface area contributed by atoms with E-state index in [1.807, 2.05) is 6.92 Å². The third-order valence-corrected chi connectivity index (χ3v) is 6.19. The zero-order valence-corrected chi connectivity index (χ0v) is 16.0. The van der Waals surface area contributed by atoms with Crippen LogP contribution in [0.4, 0.5) is 0 Å². The smallest absolute Gasteiger partial charge is 0.230 e. The highest BCUT2D eigenvalue weighted by atomic mass is 32.2. The molecule has 1 amide bonds. The van der Waals surface area contributed by atoms with E-state index in [1.165, 1.54) is 28.5 Å². The molecule has 2 rings (SSSR count). The van der Waals surface area contributed by atoms with Gasteiger partial charge in [-0.05, 0) is 25.8 Å². The Hall–Kier alpha value is -1.05. The van der Waals surface area contributed by atoms with Gasteiger partial charge in [0.1, 0.15) is 0 Å². The number of amides is 1. The Kier molecular flexibility index (Phi) is 7.39. The molecule has 0 atom stereocenters. The van der Waals surface area contributed by atoms with Crippen molar-refractivity contribution in [3.05, 3.63) is 34.9 Å². The lowest BCUT2D eigenvalue weighted by Crippen LogP contribution is -2.25. The van der Waals surface area contributed by atoms with E-state index in [0.29, 0.717) is 5.75 Å². The van der Waals surface area contributed by atoms with Gasteiger partial charge in [0.15, 0.2) is 8.68 Å². The molecule has 1 heterocycles. The predicted octanol–water partition coefficient (Wildman–Crippen LogP) is 4.07. The van der Waals surface area contributed by atoms with Crippen LogP contribution in [-0.4, -0.2) is 28.4 Å². The summed E-state index contributed by atoms with van der Waals surface area (Å²) in [6.45, 7) is 7.00. The van der Waals surface area contributed by atoms with Crippen LogP contribution in [0.25, 0.3) is 0 Å². The van der Waals surface area contributed by atoms with Crippen LogP contribution in [0.3, 0.4) is 0 Å². The molecular formula is C16H21N3OS3. The van der Waals surface area contributed by atoms with Gasteiger partial charge in [0.05, 0.1) is 5.75 Å². The Bertz CT molecular complexity index is 638. The van der Waals surface area contributed by atoms with Crippen molar-refractivity contribution in [1.29, 1.82) is 0 Å². The molecule has 2 aromatic rings. The quantitative estimate of drug-likeness (QED) is 0.713. The lowest BCUT2D eigenvalue weighted by atomic mass is 10.1. The van der Waals surface area contributed by atoms with Crippen molar-refractivity contribution < 1.29 is 4.79 Å². The van der Waals surface area contributed by atoms with Gasteiger partial charge in [-0.3, -0.25) is 4.79 Å². The van der Waals surface area contributed by atoms with E-state index < -0.39 is 0 Å². The van der Waals surface area contributed by atoms with Crippen molar-refractivity contribution >= 4 is 40.8 Å². The lowest BCUT2D eigenvalue weighted by Gasteiger charge is -2.03. The minimum Gasteiger partial charge on any atom is -0.355 e. The highest BCUT2D eigenvalue weighted by Crippen LogP contribution is 2.30. The molecule has 0 saturated heterocycles. The van der Waals surface area contributed by atoms with Crippen molar-refractivity contribution in [2.45, 2.75) is 41.6 Å². The zero-order chi connectivity index (χ0) is 16.7. The van der Waals surface area contributed by atoms with Crippen LogP contribution >= 0.6 is 34.9 Å². The Morgan fingerprint density at radius 2 is 1.78 bits per heavy atom. The summed E-state index contributed by atoms with van der Waals surface area (Å²) in [4.78, 5) is 11.6. The first-order chi connectivity index (χ1) is 11.1. The second kappa shape index (κ2) is 9.30. The molecule has 1 aromatic carbocycles. The Labute approximate surface area is 149 Å². The van der Waals surface area contributed by atoms with Crippen molar-refractivity contribution in [1.82, 2.24) is 15.5 Å². The fraction of sp³-hybridized carbons (Fsp3) is 0.438. The van der Waals surface area contributed by atoms with Gasteiger partial charge in [-0.25, -0.2) is 0 Å². The van der Waals surface area contributed by atoms with Crippen molar-refractivity contribution in [2.75, 3.05) is 12.3 Å². The van der Waals surface area contributed by atoms with Gasteiger partial charge >= 0.3 is 0 Å². The van der Waals surface area contributed by atoms with Gasteiger partial charge in [0, 0.05) is 12.3 Å². The van der Waals surface area contributed by atoms with Crippen molar-refractivity contribution in [3.8, 4) is 0 Å². The van der Waals surface area contributed by atoms with Gasteiger partial charge in [0.25, 0.3) is 0 Å². The van der Waals surface area contributed by atoms with Gasteiger partial charge < -0.3 is 5.32 Å². The average Bonchev–Trinajstić information content (AvgIpc) is 2.96. The first-order valence-electron chi connectivity index (χ1n) is 7.50. The molecule has 0 saturated carbocycles. The number of carbonyl (C=O) groups excluding carboxylic acids is 1.